The van der Waals surface area contributed by atoms with E-state index < -0.39 is 23.9 Å². The third-order valence-corrected chi connectivity index (χ3v) is 2.76. The first-order chi connectivity index (χ1) is 9.20. The van der Waals surface area contributed by atoms with Gasteiger partial charge in [0, 0.05) is 19.6 Å². The highest BCUT2D eigenvalue weighted by Gasteiger charge is 2.33. The number of alkyl halides is 3. The maximum absolute atomic E-state index is 12.9. The maximum Gasteiger partial charge on any atom is 0.416 e. The largest absolute Gasteiger partial charge is 0.416 e. The van der Waals surface area contributed by atoms with Crippen LogP contribution in [0.1, 0.15) is 25.0 Å². The van der Waals surface area contributed by atoms with Crippen LogP contribution >= 0.6 is 12.4 Å². The SMILES string of the molecule is CC(O)CN(Cc1ccccc1C(F)(F)F)CC(C)O.Cl. The van der Waals surface area contributed by atoms with Gasteiger partial charge in [0.25, 0.3) is 0 Å². The van der Waals surface area contributed by atoms with Crippen molar-refractivity contribution in [3.05, 3.63) is 35.4 Å². The Labute approximate surface area is 128 Å². The third kappa shape index (κ3) is 7.13. The Morgan fingerprint density at radius 3 is 1.95 bits per heavy atom. The Hall–Kier alpha value is -0.820. The van der Waals surface area contributed by atoms with Crippen molar-refractivity contribution in [1.29, 1.82) is 0 Å². The molecule has 2 atom stereocenters. The number of rotatable bonds is 6. The number of hydrogen-bond donors (Lipinski definition) is 2. The van der Waals surface area contributed by atoms with Gasteiger partial charge in [-0.05, 0) is 25.5 Å². The van der Waals surface area contributed by atoms with Gasteiger partial charge >= 0.3 is 6.18 Å². The fourth-order valence-corrected chi connectivity index (χ4v) is 2.13. The molecule has 0 aliphatic rings. The number of aliphatic hydroxyl groups excluding tert-OH is 2. The Bertz CT molecular complexity index is 415. The summed E-state index contributed by atoms with van der Waals surface area (Å²) >= 11 is 0. The fraction of sp³-hybridized carbons (Fsp3) is 0.571. The molecule has 0 aliphatic heterocycles. The van der Waals surface area contributed by atoms with Gasteiger partial charge in [0.15, 0.2) is 0 Å². The first kappa shape index (κ1) is 20.2. The number of hydrogen-bond acceptors (Lipinski definition) is 3. The van der Waals surface area contributed by atoms with Crippen molar-refractivity contribution in [3.63, 3.8) is 0 Å². The van der Waals surface area contributed by atoms with Crippen molar-refractivity contribution >= 4 is 12.4 Å². The number of aliphatic hydroxyl groups is 2. The molecule has 1 rings (SSSR count). The summed E-state index contributed by atoms with van der Waals surface area (Å²) in [6.07, 6.45) is -5.75. The Kier molecular flexibility index (Phi) is 8.25. The van der Waals surface area contributed by atoms with Crippen LogP contribution in [-0.4, -0.2) is 40.4 Å². The fourth-order valence-electron chi connectivity index (χ4n) is 2.13. The molecule has 0 aliphatic carbocycles. The molecule has 2 unspecified atom stereocenters. The molecule has 0 amide bonds. The van der Waals surface area contributed by atoms with Gasteiger partial charge in [-0.2, -0.15) is 13.2 Å². The predicted octanol–water partition coefficient (Wildman–Crippen LogP) is 2.69. The van der Waals surface area contributed by atoms with E-state index in [1.165, 1.54) is 12.1 Å². The quantitative estimate of drug-likeness (QED) is 0.844. The van der Waals surface area contributed by atoms with Gasteiger partial charge in [0.2, 0.25) is 0 Å². The molecule has 0 bridgehead atoms. The summed E-state index contributed by atoms with van der Waals surface area (Å²) in [6, 6.07) is 5.35. The summed E-state index contributed by atoms with van der Waals surface area (Å²) in [6.45, 7) is 3.56. The molecule has 1 aromatic carbocycles. The Morgan fingerprint density at radius 2 is 1.52 bits per heavy atom. The zero-order valence-corrected chi connectivity index (χ0v) is 12.8. The lowest BCUT2D eigenvalue weighted by atomic mass is 10.1. The monoisotopic (exact) mass is 327 g/mol. The topological polar surface area (TPSA) is 43.7 Å². The molecule has 21 heavy (non-hydrogen) atoms. The molecular formula is C14H21ClF3NO2. The van der Waals surface area contributed by atoms with Crippen LogP contribution in [0.15, 0.2) is 24.3 Å². The van der Waals surface area contributed by atoms with Crippen LogP contribution in [0.3, 0.4) is 0 Å². The second-order valence-corrected chi connectivity index (χ2v) is 5.05. The maximum atomic E-state index is 12.9. The zero-order valence-electron chi connectivity index (χ0n) is 12.0. The summed E-state index contributed by atoms with van der Waals surface area (Å²) in [4.78, 5) is 1.61. The van der Waals surface area contributed by atoms with Gasteiger partial charge in [0.1, 0.15) is 0 Å². The highest BCUT2D eigenvalue weighted by Crippen LogP contribution is 2.32. The summed E-state index contributed by atoms with van der Waals surface area (Å²) in [5.41, 5.74) is -0.539. The number of halogens is 4. The van der Waals surface area contributed by atoms with Crippen molar-refractivity contribution in [3.8, 4) is 0 Å². The molecule has 2 N–H and O–H groups in total. The first-order valence-corrected chi connectivity index (χ1v) is 6.43. The summed E-state index contributed by atoms with van der Waals surface area (Å²) in [5, 5.41) is 18.8. The van der Waals surface area contributed by atoms with Crippen LogP contribution in [-0.2, 0) is 12.7 Å². The van der Waals surface area contributed by atoms with Crippen LogP contribution in [0.2, 0.25) is 0 Å². The van der Waals surface area contributed by atoms with Crippen LogP contribution in [0.25, 0.3) is 0 Å². The minimum atomic E-state index is -4.40. The van der Waals surface area contributed by atoms with Crippen molar-refractivity contribution in [1.82, 2.24) is 4.90 Å². The molecule has 7 heteroatoms. The molecule has 0 saturated carbocycles. The molecule has 0 radical (unpaired) electrons. The van der Waals surface area contributed by atoms with E-state index >= 15 is 0 Å². The summed E-state index contributed by atoms with van der Waals surface area (Å²) in [5.74, 6) is 0. The first-order valence-electron chi connectivity index (χ1n) is 6.43. The Balaban J connectivity index is 0.00000400. The van der Waals surface area contributed by atoms with E-state index in [0.29, 0.717) is 0 Å². The Morgan fingerprint density at radius 1 is 1.05 bits per heavy atom. The second-order valence-electron chi connectivity index (χ2n) is 5.05. The predicted molar refractivity (Wildman–Crippen MR) is 77.3 cm³/mol. The van der Waals surface area contributed by atoms with Crippen molar-refractivity contribution in [2.45, 2.75) is 38.8 Å². The molecule has 0 saturated heterocycles. The highest BCUT2D eigenvalue weighted by molar-refractivity contribution is 5.85. The van der Waals surface area contributed by atoms with E-state index in [-0.39, 0.29) is 37.6 Å². The molecular weight excluding hydrogens is 307 g/mol. The van der Waals surface area contributed by atoms with E-state index in [4.69, 9.17) is 0 Å². The lowest BCUT2D eigenvalue weighted by molar-refractivity contribution is -0.138. The molecule has 0 aromatic heterocycles. The summed E-state index contributed by atoms with van der Waals surface area (Å²) < 4.78 is 38.7. The molecule has 0 spiro atoms. The van der Waals surface area contributed by atoms with Crippen molar-refractivity contribution < 1.29 is 23.4 Å². The minimum Gasteiger partial charge on any atom is -0.392 e. The van der Waals surface area contributed by atoms with E-state index in [9.17, 15) is 23.4 Å². The van der Waals surface area contributed by atoms with Gasteiger partial charge < -0.3 is 10.2 Å². The third-order valence-electron chi connectivity index (χ3n) is 2.76. The molecule has 0 heterocycles. The van der Waals surface area contributed by atoms with Gasteiger partial charge in [-0.3, -0.25) is 4.90 Å². The van der Waals surface area contributed by atoms with Crippen LogP contribution in [0, 0.1) is 0 Å². The minimum absolute atomic E-state index is 0. The molecule has 1 aromatic rings. The van der Waals surface area contributed by atoms with Gasteiger partial charge in [-0.15, -0.1) is 12.4 Å². The van der Waals surface area contributed by atoms with E-state index in [2.05, 4.69) is 0 Å². The molecule has 122 valence electrons. The van der Waals surface area contributed by atoms with Crippen molar-refractivity contribution in [2.24, 2.45) is 0 Å². The lowest BCUT2D eigenvalue weighted by Gasteiger charge is -2.26. The van der Waals surface area contributed by atoms with Gasteiger partial charge in [0.05, 0.1) is 17.8 Å². The number of nitrogens with zero attached hydrogens (tertiary/aromatic N) is 1. The smallest absolute Gasteiger partial charge is 0.392 e. The average Bonchev–Trinajstić information content (AvgIpc) is 2.26. The molecule has 3 nitrogen and oxygen atoms in total. The summed E-state index contributed by atoms with van der Waals surface area (Å²) in [7, 11) is 0. The van der Waals surface area contributed by atoms with E-state index in [1.807, 2.05) is 0 Å². The van der Waals surface area contributed by atoms with E-state index in [0.717, 1.165) is 6.07 Å². The standard InChI is InChI=1S/C14H20F3NO2.ClH/c1-10(19)7-18(8-11(2)20)9-12-5-3-4-6-13(12)14(15,16)17;/h3-6,10-11,19-20H,7-9H2,1-2H3;1H. The molecule has 0 fully saturated rings. The average molecular weight is 328 g/mol. The normalized spacial score (nSPS) is 14.7. The van der Waals surface area contributed by atoms with Crippen molar-refractivity contribution in [2.75, 3.05) is 13.1 Å². The van der Waals surface area contributed by atoms with Crippen LogP contribution in [0.5, 0.6) is 0 Å². The highest BCUT2D eigenvalue weighted by atomic mass is 35.5. The van der Waals surface area contributed by atoms with Gasteiger partial charge in [-0.1, -0.05) is 18.2 Å². The van der Waals surface area contributed by atoms with E-state index in [1.54, 1.807) is 24.8 Å². The van der Waals surface area contributed by atoms with Gasteiger partial charge in [-0.25, -0.2) is 0 Å². The second kappa shape index (κ2) is 8.58. The zero-order chi connectivity index (χ0) is 15.3. The lowest BCUT2D eigenvalue weighted by Crippen LogP contribution is -2.36. The number of benzene rings is 1. The van der Waals surface area contributed by atoms with Crippen LogP contribution < -0.4 is 0 Å². The van der Waals surface area contributed by atoms with Crippen LogP contribution in [0.4, 0.5) is 13.2 Å².